The third-order valence-electron chi connectivity index (χ3n) is 3.71. The molecule has 0 aliphatic rings. The Morgan fingerprint density at radius 2 is 1.81 bits per heavy atom. The number of thioether (sulfide) groups is 1. The smallest absolute Gasteiger partial charge is 0.277 e. The van der Waals surface area contributed by atoms with Crippen LogP contribution in [0.4, 0.5) is 14.5 Å². The van der Waals surface area contributed by atoms with E-state index in [0.717, 1.165) is 46.7 Å². The minimum absolute atomic E-state index is 0.214. The second-order valence-corrected chi connectivity index (χ2v) is 7.42. The Hall–Kier alpha value is -2.74. The minimum atomic E-state index is -0.711. The van der Waals surface area contributed by atoms with E-state index in [1.54, 1.807) is 6.92 Å². The maximum Gasteiger partial charge on any atom is 0.277 e. The van der Waals surface area contributed by atoms with Crippen molar-refractivity contribution in [3.63, 3.8) is 0 Å². The van der Waals surface area contributed by atoms with Gasteiger partial charge in [-0.25, -0.2) is 8.78 Å². The summed E-state index contributed by atoms with van der Waals surface area (Å²) >= 11 is 1.04. The van der Waals surface area contributed by atoms with Crippen LogP contribution in [-0.2, 0) is 4.79 Å². The first kappa shape index (κ1) is 19.0. The summed E-state index contributed by atoms with van der Waals surface area (Å²) in [4.78, 5) is 12.2. The van der Waals surface area contributed by atoms with E-state index >= 15 is 0 Å². The molecule has 0 saturated carbocycles. The van der Waals surface area contributed by atoms with Crippen LogP contribution in [-0.4, -0.2) is 21.4 Å². The quantitative estimate of drug-likeness (QED) is 0.638. The van der Waals surface area contributed by atoms with Gasteiger partial charge in [0.15, 0.2) is 0 Å². The van der Waals surface area contributed by atoms with Gasteiger partial charge >= 0.3 is 0 Å². The van der Waals surface area contributed by atoms with Crippen LogP contribution >= 0.6 is 11.8 Å². The molecule has 0 aliphatic heterocycles. The Morgan fingerprint density at radius 3 is 2.52 bits per heavy atom. The van der Waals surface area contributed by atoms with Gasteiger partial charge in [0.1, 0.15) is 11.6 Å². The molecule has 1 N–H and O–H groups in total. The molecule has 3 rings (SSSR count). The Morgan fingerprint density at radius 1 is 1.11 bits per heavy atom. The fraction of sp³-hybridized carbons (Fsp3) is 0.211. The van der Waals surface area contributed by atoms with E-state index in [0.29, 0.717) is 5.89 Å². The lowest BCUT2D eigenvalue weighted by molar-refractivity contribution is -0.115. The highest BCUT2D eigenvalue weighted by atomic mass is 32.2. The van der Waals surface area contributed by atoms with Gasteiger partial charge in [0, 0.05) is 11.6 Å². The number of anilines is 1. The van der Waals surface area contributed by atoms with Crippen molar-refractivity contribution in [1.29, 1.82) is 0 Å². The normalized spacial score (nSPS) is 12.0. The van der Waals surface area contributed by atoms with Gasteiger partial charge in [0.2, 0.25) is 11.8 Å². The first-order valence-corrected chi connectivity index (χ1v) is 9.04. The third-order valence-corrected chi connectivity index (χ3v) is 4.64. The molecule has 1 aromatic heterocycles. The lowest BCUT2D eigenvalue weighted by Gasteiger charge is -2.10. The molecule has 8 heteroatoms. The highest BCUT2D eigenvalue weighted by Crippen LogP contribution is 2.28. The predicted octanol–water partition coefficient (Wildman–Crippen LogP) is 4.75. The molecule has 0 fully saturated rings. The number of aryl methyl sites for hydroxylation is 2. The van der Waals surface area contributed by atoms with Gasteiger partial charge < -0.3 is 9.73 Å². The number of carbonyl (C=O) groups is 1. The molecule has 5 nitrogen and oxygen atoms in total. The summed E-state index contributed by atoms with van der Waals surface area (Å²) in [6.07, 6.45) is 0. The van der Waals surface area contributed by atoms with Crippen LogP contribution in [0, 0.1) is 25.5 Å². The summed E-state index contributed by atoms with van der Waals surface area (Å²) in [5.74, 6) is -1.50. The van der Waals surface area contributed by atoms with Crippen molar-refractivity contribution in [1.82, 2.24) is 10.2 Å². The van der Waals surface area contributed by atoms with Crippen molar-refractivity contribution in [2.75, 3.05) is 5.32 Å². The number of rotatable bonds is 5. The van der Waals surface area contributed by atoms with Crippen molar-refractivity contribution in [2.45, 2.75) is 31.2 Å². The SMILES string of the molecule is Cc1cc(C)cc(-c2nnc(SC(C)C(=O)Nc3cc(F)ccc3F)o2)c1. The molecule has 1 amide bonds. The highest BCUT2D eigenvalue weighted by molar-refractivity contribution is 8.00. The third kappa shape index (κ3) is 4.71. The zero-order valence-corrected chi connectivity index (χ0v) is 15.7. The van der Waals surface area contributed by atoms with Gasteiger partial charge in [0.25, 0.3) is 5.22 Å². The highest BCUT2D eigenvalue weighted by Gasteiger charge is 2.20. The molecule has 2 aromatic carbocycles. The summed E-state index contributed by atoms with van der Waals surface area (Å²) in [6.45, 7) is 5.55. The van der Waals surface area contributed by atoms with Crippen molar-refractivity contribution in [3.8, 4) is 11.5 Å². The van der Waals surface area contributed by atoms with Crippen LogP contribution in [0.3, 0.4) is 0 Å². The molecule has 1 heterocycles. The summed E-state index contributed by atoms with van der Waals surface area (Å²) in [5, 5.41) is 9.88. The van der Waals surface area contributed by atoms with Gasteiger partial charge in [-0.1, -0.05) is 29.0 Å². The van der Waals surface area contributed by atoms with Crippen LogP contribution in [0.2, 0.25) is 0 Å². The lowest BCUT2D eigenvalue weighted by atomic mass is 10.1. The number of nitrogens with zero attached hydrogens (tertiary/aromatic N) is 2. The fourth-order valence-electron chi connectivity index (χ4n) is 2.50. The van der Waals surface area contributed by atoms with Gasteiger partial charge in [-0.15, -0.1) is 10.2 Å². The van der Waals surface area contributed by atoms with Crippen molar-refractivity contribution in [3.05, 3.63) is 59.2 Å². The number of hydrogen-bond acceptors (Lipinski definition) is 5. The molecule has 0 radical (unpaired) electrons. The van der Waals surface area contributed by atoms with Crippen LogP contribution in [0.25, 0.3) is 11.5 Å². The first-order chi connectivity index (χ1) is 12.8. The van der Waals surface area contributed by atoms with E-state index in [9.17, 15) is 13.6 Å². The van der Waals surface area contributed by atoms with E-state index in [4.69, 9.17) is 4.42 Å². The Kier molecular flexibility index (Phi) is 5.55. The Balaban J connectivity index is 1.69. The molecule has 0 aliphatic carbocycles. The summed E-state index contributed by atoms with van der Waals surface area (Å²) in [6, 6.07) is 8.76. The first-order valence-electron chi connectivity index (χ1n) is 8.16. The maximum atomic E-state index is 13.6. The molecule has 3 aromatic rings. The average molecular weight is 389 g/mol. The zero-order valence-electron chi connectivity index (χ0n) is 14.9. The largest absolute Gasteiger partial charge is 0.411 e. The van der Waals surface area contributed by atoms with Crippen molar-refractivity contribution >= 4 is 23.4 Å². The second kappa shape index (κ2) is 7.87. The van der Waals surface area contributed by atoms with Crippen LogP contribution in [0.15, 0.2) is 46.0 Å². The van der Waals surface area contributed by atoms with Crippen LogP contribution in [0.5, 0.6) is 0 Å². The van der Waals surface area contributed by atoms with E-state index in [2.05, 4.69) is 15.5 Å². The van der Waals surface area contributed by atoms with E-state index in [-0.39, 0.29) is 10.9 Å². The van der Waals surface area contributed by atoms with Crippen molar-refractivity contribution < 1.29 is 18.0 Å². The van der Waals surface area contributed by atoms with Gasteiger partial charge in [-0.05, 0) is 45.0 Å². The number of halogens is 2. The average Bonchev–Trinajstić information content (AvgIpc) is 3.05. The number of carbonyl (C=O) groups excluding carboxylic acids is 1. The maximum absolute atomic E-state index is 13.6. The topological polar surface area (TPSA) is 68.0 Å². The number of hydrogen-bond donors (Lipinski definition) is 1. The summed E-state index contributed by atoms with van der Waals surface area (Å²) < 4.78 is 32.5. The number of nitrogens with one attached hydrogen (secondary N) is 1. The molecular weight excluding hydrogens is 372 g/mol. The Labute approximate surface area is 159 Å². The summed E-state index contributed by atoms with van der Waals surface area (Å²) in [7, 11) is 0. The second-order valence-electron chi connectivity index (χ2n) is 6.12. The zero-order chi connectivity index (χ0) is 19.6. The molecule has 27 heavy (non-hydrogen) atoms. The van der Waals surface area contributed by atoms with Crippen LogP contribution < -0.4 is 5.32 Å². The van der Waals surface area contributed by atoms with E-state index in [1.807, 2.05) is 32.0 Å². The van der Waals surface area contributed by atoms with Crippen LogP contribution in [0.1, 0.15) is 18.1 Å². The molecule has 1 unspecified atom stereocenters. The summed E-state index contributed by atoms with van der Waals surface area (Å²) in [5.41, 5.74) is 2.73. The standard InChI is InChI=1S/C19H17F2N3O2S/c1-10-6-11(2)8-13(7-10)18-23-24-19(26-18)27-12(3)17(25)22-16-9-14(20)4-5-15(16)21/h4-9,12H,1-3H3,(H,22,25). The molecular formula is C19H17F2N3O2S. The van der Waals surface area contributed by atoms with Gasteiger partial charge in [-0.2, -0.15) is 0 Å². The minimum Gasteiger partial charge on any atom is -0.411 e. The molecule has 1 atom stereocenters. The van der Waals surface area contributed by atoms with Crippen molar-refractivity contribution in [2.24, 2.45) is 0 Å². The molecule has 140 valence electrons. The van der Waals surface area contributed by atoms with E-state index in [1.165, 1.54) is 0 Å². The molecule has 0 spiro atoms. The lowest BCUT2D eigenvalue weighted by Crippen LogP contribution is -2.23. The van der Waals surface area contributed by atoms with Gasteiger partial charge in [0.05, 0.1) is 10.9 Å². The van der Waals surface area contributed by atoms with E-state index < -0.39 is 22.8 Å². The molecule has 0 bridgehead atoms. The number of benzene rings is 2. The van der Waals surface area contributed by atoms with Gasteiger partial charge in [-0.3, -0.25) is 4.79 Å². The Bertz CT molecular complexity index is 971. The number of amides is 1. The fourth-order valence-corrected chi connectivity index (χ4v) is 3.19. The molecule has 0 saturated heterocycles. The number of aromatic nitrogens is 2. The predicted molar refractivity (Wildman–Crippen MR) is 99.5 cm³/mol. The monoisotopic (exact) mass is 389 g/mol.